The van der Waals surface area contributed by atoms with Crippen molar-refractivity contribution in [2.75, 3.05) is 6.61 Å². The van der Waals surface area contributed by atoms with Crippen LogP contribution in [0.3, 0.4) is 0 Å². The quantitative estimate of drug-likeness (QED) is 0.558. The Hall–Kier alpha value is -2.69. The van der Waals surface area contributed by atoms with Crippen LogP contribution in [0.2, 0.25) is 0 Å². The number of carbonyl (C=O) groups excluding carboxylic acids is 2. The van der Waals surface area contributed by atoms with Crippen molar-refractivity contribution in [2.45, 2.75) is 23.6 Å². The van der Waals surface area contributed by atoms with Crippen LogP contribution < -0.4 is 0 Å². The van der Waals surface area contributed by atoms with Gasteiger partial charge in [-0.1, -0.05) is 68.1 Å². The van der Waals surface area contributed by atoms with E-state index in [1.54, 1.807) is 37.7 Å². The van der Waals surface area contributed by atoms with Crippen LogP contribution >= 0.6 is 11.8 Å². The Kier molecular flexibility index (Phi) is 6.12. The number of carbonyl (C=O) groups is 2. The first-order valence-electron chi connectivity index (χ1n) is 9.04. The minimum atomic E-state index is -0.782. The normalized spacial score (nSPS) is 11.2. The summed E-state index contributed by atoms with van der Waals surface area (Å²) in [6.45, 7) is 3.28. The highest BCUT2D eigenvalue weighted by atomic mass is 32.2. The summed E-state index contributed by atoms with van der Waals surface area (Å²) < 4.78 is 0. The molecule has 3 aromatic carbocycles. The summed E-state index contributed by atoms with van der Waals surface area (Å²) in [4.78, 5) is 26.9. The Bertz CT molecular complexity index is 959. The van der Waals surface area contributed by atoms with Crippen LogP contribution in [-0.2, 0) is 0 Å². The average molecular weight is 391 g/mol. The predicted molar refractivity (Wildman–Crippen MR) is 112 cm³/mol. The molecule has 0 heterocycles. The molecule has 0 radical (unpaired) electrons. The summed E-state index contributed by atoms with van der Waals surface area (Å²) in [7, 11) is 0. The smallest absolute Gasteiger partial charge is 0.193 e. The third-order valence-corrected chi connectivity index (χ3v) is 5.53. The summed E-state index contributed by atoms with van der Waals surface area (Å²) >= 11 is 1.57. The number of ketones is 2. The van der Waals surface area contributed by atoms with Gasteiger partial charge in [-0.25, -0.2) is 0 Å². The zero-order valence-electron chi connectivity index (χ0n) is 15.9. The molecule has 3 rings (SSSR count). The van der Waals surface area contributed by atoms with Crippen molar-refractivity contribution in [2.24, 2.45) is 5.41 Å². The van der Waals surface area contributed by atoms with Crippen molar-refractivity contribution in [3.8, 4) is 0 Å². The lowest BCUT2D eigenvalue weighted by atomic mass is 9.85. The van der Waals surface area contributed by atoms with Crippen molar-refractivity contribution in [3.63, 3.8) is 0 Å². The first kappa shape index (κ1) is 20.1. The van der Waals surface area contributed by atoms with Gasteiger partial charge >= 0.3 is 0 Å². The molecule has 0 unspecified atom stereocenters. The molecule has 3 nitrogen and oxygen atoms in total. The molecule has 0 saturated carbocycles. The molecule has 0 saturated heterocycles. The number of benzene rings is 3. The first-order valence-corrected chi connectivity index (χ1v) is 9.86. The molecule has 142 valence electrons. The number of hydrogen-bond donors (Lipinski definition) is 1. The number of Topliss-reactive ketones (excluding diaryl/α,β-unsaturated/α-hetero) is 1. The van der Waals surface area contributed by atoms with E-state index in [1.807, 2.05) is 66.7 Å². The fourth-order valence-corrected chi connectivity index (χ4v) is 3.52. The van der Waals surface area contributed by atoms with E-state index >= 15 is 0 Å². The monoisotopic (exact) mass is 390 g/mol. The molecule has 0 atom stereocenters. The summed E-state index contributed by atoms with van der Waals surface area (Å²) in [5.74, 6) is -0.0677. The van der Waals surface area contributed by atoms with Crippen molar-refractivity contribution >= 4 is 23.3 Å². The van der Waals surface area contributed by atoms with Crippen LogP contribution in [0.25, 0.3) is 0 Å². The van der Waals surface area contributed by atoms with E-state index < -0.39 is 5.41 Å². The maximum atomic E-state index is 12.5. The SMILES string of the molecule is CC(C)(CO)C(=O)c1ccc(Sc2ccc(C(=O)c3ccccc3)cc2)cc1. The lowest BCUT2D eigenvalue weighted by molar-refractivity contribution is 0.0725. The summed E-state index contributed by atoms with van der Waals surface area (Å²) in [6, 6.07) is 24.1. The summed E-state index contributed by atoms with van der Waals surface area (Å²) in [5, 5.41) is 9.36. The lowest BCUT2D eigenvalue weighted by Crippen LogP contribution is -2.28. The van der Waals surface area contributed by atoms with Gasteiger partial charge in [0.2, 0.25) is 0 Å². The molecule has 0 fully saturated rings. The van der Waals surface area contributed by atoms with Gasteiger partial charge in [-0.3, -0.25) is 9.59 Å². The lowest BCUT2D eigenvalue weighted by Gasteiger charge is -2.19. The van der Waals surface area contributed by atoms with Gasteiger partial charge < -0.3 is 5.11 Å². The van der Waals surface area contributed by atoms with Crippen LogP contribution in [0.15, 0.2) is 88.7 Å². The highest BCUT2D eigenvalue weighted by Crippen LogP contribution is 2.29. The largest absolute Gasteiger partial charge is 0.395 e. The number of aliphatic hydroxyl groups is 1. The van der Waals surface area contributed by atoms with Crippen molar-refractivity contribution in [1.29, 1.82) is 0 Å². The van der Waals surface area contributed by atoms with E-state index in [0.717, 1.165) is 9.79 Å². The van der Waals surface area contributed by atoms with E-state index in [0.29, 0.717) is 16.7 Å². The van der Waals surface area contributed by atoms with Crippen molar-refractivity contribution < 1.29 is 14.7 Å². The molecule has 0 spiro atoms. The Morgan fingerprint density at radius 2 is 1.21 bits per heavy atom. The molecule has 1 N–H and O–H groups in total. The van der Waals surface area contributed by atoms with E-state index in [-0.39, 0.29) is 18.2 Å². The second-order valence-corrected chi connectivity index (χ2v) is 8.36. The molecule has 0 bridgehead atoms. The fraction of sp³-hybridized carbons (Fsp3) is 0.167. The number of hydrogen-bond acceptors (Lipinski definition) is 4. The maximum Gasteiger partial charge on any atom is 0.193 e. The van der Waals surface area contributed by atoms with Gasteiger partial charge in [-0.2, -0.15) is 0 Å². The van der Waals surface area contributed by atoms with Gasteiger partial charge in [-0.05, 0) is 36.4 Å². The summed E-state index contributed by atoms with van der Waals surface area (Å²) in [6.07, 6.45) is 0. The molecule has 0 aliphatic carbocycles. The van der Waals surface area contributed by atoms with Crippen LogP contribution in [0.4, 0.5) is 0 Å². The van der Waals surface area contributed by atoms with E-state index in [9.17, 15) is 14.7 Å². The van der Waals surface area contributed by atoms with Gasteiger partial charge in [0.15, 0.2) is 11.6 Å². The number of rotatable bonds is 7. The molecule has 28 heavy (non-hydrogen) atoms. The summed E-state index contributed by atoms with van der Waals surface area (Å²) in [5.41, 5.74) is 1.14. The van der Waals surface area contributed by atoms with Crippen molar-refractivity contribution in [1.82, 2.24) is 0 Å². The minimum Gasteiger partial charge on any atom is -0.395 e. The van der Waals surface area contributed by atoms with Crippen LogP contribution in [0.5, 0.6) is 0 Å². The first-order chi connectivity index (χ1) is 13.4. The molecule has 0 aromatic heterocycles. The van der Waals surface area contributed by atoms with E-state index in [4.69, 9.17) is 0 Å². The maximum absolute atomic E-state index is 12.5. The zero-order valence-corrected chi connectivity index (χ0v) is 16.7. The molecule has 4 heteroatoms. The van der Waals surface area contributed by atoms with Crippen LogP contribution in [0, 0.1) is 5.41 Å². The van der Waals surface area contributed by atoms with Crippen LogP contribution in [0.1, 0.15) is 40.1 Å². The average Bonchev–Trinajstić information content (AvgIpc) is 2.74. The van der Waals surface area contributed by atoms with Gasteiger partial charge in [-0.15, -0.1) is 0 Å². The Morgan fingerprint density at radius 1 is 0.750 bits per heavy atom. The Morgan fingerprint density at radius 3 is 1.71 bits per heavy atom. The molecule has 3 aromatic rings. The molecular formula is C24H22O3S. The number of aliphatic hydroxyl groups excluding tert-OH is 1. The standard InChI is InChI=1S/C24H22O3S/c1-24(2,16-25)23(27)19-10-14-21(15-11-19)28-20-12-8-18(9-13-20)22(26)17-6-4-3-5-7-17/h3-15,25H,16H2,1-2H3. The molecule has 0 aliphatic rings. The van der Waals surface area contributed by atoms with Gasteiger partial charge in [0, 0.05) is 26.5 Å². The molecular weight excluding hydrogens is 368 g/mol. The van der Waals surface area contributed by atoms with Gasteiger partial charge in [0.1, 0.15) is 0 Å². The van der Waals surface area contributed by atoms with Gasteiger partial charge in [0.05, 0.1) is 12.0 Å². The third-order valence-electron chi connectivity index (χ3n) is 4.51. The van der Waals surface area contributed by atoms with Gasteiger partial charge in [0.25, 0.3) is 0 Å². The predicted octanol–water partition coefficient (Wildman–Crippen LogP) is 5.27. The third kappa shape index (κ3) is 4.58. The highest BCUT2D eigenvalue weighted by Gasteiger charge is 2.27. The molecule has 0 aliphatic heterocycles. The fourth-order valence-electron chi connectivity index (χ4n) is 2.70. The van der Waals surface area contributed by atoms with E-state index in [1.165, 1.54) is 0 Å². The zero-order chi connectivity index (χ0) is 20.1. The topological polar surface area (TPSA) is 54.4 Å². The van der Waals surface area contributed by atoms with E-state index in [2.05, 4.69) is 0 Å². The van der Waals surface area contributed by atoms with Crippen LogP contribution in [-0.4, -0.2) is 23.3 Å². The second kappa shape index (κ2) is 8.55. The Balaban J connectivity index is 1.69. The van der Waals surface area contributed by atoms with Crippen molar-refractivity contribution in [3.05, 3.63) is 95.6 Å². The second-order valence-electron chi connectivity index (χ2n) is 7.22. The molecule has 0 amide bonds. The minimum absolute atomic E-state index is 0.00603. The Labute approximate surface area is 169 Å². The highest BCUT2D eigenvalue weighted by molar-refractivity contribution is 7.99.